The lowest BCUT2D eigenvalue weighted by Gasteiger charge is -2.07. The zero-order chi connectivity index (χ0) is 8.27. The highest BCUT2D eigenvalue weighted by Gasteiger charge is 2.02. The lowest BCUT2D eigenvalue weighted by molar-refractivity contribution is 0.694. The van der Waals surface area contributed by atoms with Crippen LogP contribution in [0.25, 0.3) is 0 Å². The highest BCUT2D eigenvalue weighted by atomic mass is 79.9. The molecule has 0 amide bonds. The first-order valence-corrected chi connectivity index (χ1v) is 4.39. The fraction of sp³-hybridized carbons (Fsp3) is 0.375. The van der Waals surface area contributed by atoms with Crippen molar-refractivity contribution in [2.24, 2.45) is 5.73 Å². The molecule has 0 aromatic carbocycles. The molecule has 12 heavy (non-hydrogen) atoms. The Hall–Kier alpha value is -0.120. The molecule has 4 heteroatoms. The highest BCUT2D eigenvalue weighted by molar-refractivity contribution is 9.10. The molecule has 1 atom stereocenters. The van der Waals surface area contributed by atoms with Gasteiger partial charge in [-0.15, -0.1) is 12.4 Å². The number of aromatic nitrogens is 1. The van der Waals surface area contributed by atoms with Crippen molar-refractivity contribution in [3.63, 3.8) is 0 Å². The van der Waals surface area contributed by atoms with E-state index in [1.807, 2.05) is 6.07 Å². The second kappa shape index (κ2) is 5.51. The molecule has 0 unspecified atom stereocenters. The minimum atomic E-state index is 0. The quantitative estimate of drug-likeness (QED) is 0.878. The summed E-state index contributed by atoms with van der Waals surface area (Å²) in [5.74, 6) is 0. The van der Waals surface area contributed by atoms with Gasteiger partial charge in [-0.3, -0.25) is 4.98 Å². The molecule has 1 heterocycles. The molecule has 0 spiro atoms. The van der Waals surface area contributed by atoms with Crippen molar-refractivity contribution in [3.8, 4) is 0 Å². The van der Waals surface area contributed by atoms with Gasteiger partial charge in [0.05, 0.1) is 0 Å². The molecule has 0 saturated heterocycles. The number of hydrogen-bond acceptors (Lipinski definition) is 2. The molecule has 2 N–H and O–H groups in total. The highest BCUT2D eigenvalue weighted by Crippen LogP contribution is 2.16. The van der Waals surface area contributed by atoms with Crippen molar-refractivity contribution in [1.82, 2.24) is 4.98 Å². The summed E-state index contributed by atoms with van der Waals surface area (Å²) < 4.78 is 0.985. The van der Waals surface area contributed by atoms with Gasteiger partial charge in [0.15, 0.2) is 0 Å². The molecule has 0 saturated carbocycles. The summed E-state index contributed by atoms with van der Waals surface area (Å²) in [6.07, 6.45) is 4.50. The molecule has 68 valence electrons. The lowest BCUT2D eigenvalue weighted by Crippen LogP contribution is -2.08. The Kier molecular flexibility index (Phi) is 5.46. The molecular weight excluding hydrogens is 239 g/mol. The minimum absolute atomic E-state index is 0. The SMILES string of the molecule is CC[C@H](N)c1cncc(Br)c1.Cl. The molecule has 1 aromatic rings. The first-order chi connectivity index (χ1) is 5.24. The van der Waals surface area contributed by atoms with Gasteiger partial charge in [0.25, 0.3) is 0 Å². The van der Waals surface area contributed by atoms with Crippen molar-refractivity contribution >= 4 is 28.3 Å². The smallest absolute Gasteiger partial charge is 0.0410 e. The predicted molar refractivity (Wildman–Crippen MR) is 56.4 cm³/mol. The first kappa shape index (κ1) is 11.9. The summed E-state index contributed by atoms with van der Waals surface area (Å²) in [7, 11) is 0. The van der Waals surface area contributed by atoms with Crippen LogP contribution in [-0.2, 0) is 0 Å². The summed E-state index contributed by atoms with van der Waals surface area (Å²) in [5.41, 5.74) is 6.89. The van der Waals surface area contributed by atoms with Gasteiger partial charge in [0.1, 0.15) is 0 Å². The minimum Gasteiger partial charge on any atom is -0.324 e. The van der Waals surface area contributed by atoms with E-state index in [1.165, 1.54) is 0 Å². The second-order valence-corrected chi connectivity index (χ2v) is 3.37. The maximum absolute atomic E-state index is 5.80. The third-order valence-corrected chi connectivity index (χ3v) is 2.03. The van der Waals surface area contributed by atoms with E-state index in [0.717, 1.165) is 16.5 Å². The first-order valence-electron chi connectivity index (χ1n) is 3.60. The topological polar surface area (TPSA) is 38.9 Å². The molecule has 0 radical (unpaired) electrons. The standard InChI is InChI=1S/C8H11BrN2.ClH/c1-2-8(10)6-3-7(9)5-11-4-6;/h3-5,8H,2,10H2,1H3;1H/t8-;/m0./s1. The van der Waals surface area contributed by atoms with Crippen LogP contribution in [-0.4, -0.2) is 4.98 Å². The van der Waals surface area contributed by atoms with E-state index in [0.29, 0.717) is 0 Å². The summed E-state index contributed by atoms with van der Waals surface area (Å²) in [5, 5.41) is 0. The van der Waals surface area contributed by atoms with E-state index in [9.17, 15) is 0 Å². The fourth-order valence-electron chi connectivity index (χ4n) is 0.867. The molecule has 2 nitrogen and oxygen atoms in total. The number of nitrogens with two attached hydrogens (primary N) is 1. The lowest BCUT2D eigenvalue weighted by atomic mass is 10.1. The third-order valence-electron chi connectivity index (χ3n) is 1.59. The van der Waals surface area contributed by atoms with Crippen molar-refractivity contribution in [1.29, 1.82) is 0 Å². The van der Waals surface area contributed by atoms with Crippen molar-refractivity contribution in [3.05, 3.63) is 28.5 Å². The summed E-state index contributed by atoms with van der Waals surface area (Å²) in [6, 6.07) is 2.11. The molecule has 1 rings (SSSR count). The number of nitrogens with zero attached hydrogens (tertiary/aromatic N) is 1. The van der Waals surface area contributed by atoms with Crippen LogP contribution in [0.2, 0.25) is 0 Å². The fourth-order valence-corrected chi connectivity index (χ4v) is 1.25. The zero-order valence-corrected chi connectivity index (χ0v) is 9.23. The van der Waals surface area contributed by atoms with Gasteiger partial charge in [-0.1, -0.05) is 6.92 Å². The van der Waals surface area contributed by atoms with Crippen LogP contribution in [0.15, 0.2) is 22.9 Å². The van der Waals surface area contributed by atoms with Crippen molar-refractivity contribution < 1.29 is 0 Å². The van der Waals surface area contributed by atoms with Crippen molar-refractivity contribution in [2.45, 2.75) is 19.4 Å². The number of rotatable bonds is 2. The van der Waals surface area contributed by atoms with Crippen LogP contribution in [0.4, 0.5) is 0 Å². The number of pyridine rings is 1. The maximum atomic E-state index is 5.80. The average Bonchev–Trinajstić information content (AvgIpc) is 2.03. The van der Waals surface area contributed by atoms with E-state index in [4.69, 9.17) is 5.73 Å². The van der Waals surface area contributed by atoms with Gasteiger partial charge < -0.3 is 5.73 Å². The maximum Gasteiger partial charge on any atom is 0.0410 e. The van der Waals surface area contributed by atoms with Gasteiger partial charge in [-0.25, -0.2) is 0 Å². The third kappa shape index (κ3) is 3.09. The van der Waals surface area contributed by atoms with Crippen LogP contribution < -0.4 is 5.73 Å². The van der Waals surface area contributed by atoms with E-state index >= 15 is 0 Å². The molecule has 0 aliphatic rings. The van der Waals surface area contributed by atoms with Crippen LogP contribution in [0.5, 0.6) is 0 Å². The molecular formula is C8H12BrClN2. The van der Waals surface area contributed by atoms with E-state index in [2.05, 4.69) is 27.8 Å². The molecule has 1 aromatic heterocycles. The number of hydrogen-bond donors (Lipinski definition) is 1. The Balaban J connectivity index is 0.00000121. The van der Waals surface area contributed by atoms with Crippen LogP contribution >= 0.6 is 28.3 Å². The monoisotopic (exact) mass is 250 g/mol. The summed E-state index contributed by atoms with van der Waals surface area (Å²) >= 11 is 3.34. The number of halogens is 2. The normalized spacial score (nSPS) is 11.9. The second-order valence-electron chi connectivity index (χ2n) is 2.45. The molecule has 0 aliphatic carbocycles. The van der Waals surface area contributed by atoms with Crippen molar-refractivity contribution in [2.75, 3.05) is 0 Å². The van der Waals surface area contributed by atoms with Crippen LogP contribution in [0.3, 0.4) is 0 Å². The zero-order valence-electron chi connectivity index (χ0n) is 6.83. The predicted octanol–water partition coefficient (Wildman–Crippen LogP) is 2.68. The van der Waals surface area contributed by atoms with E-state index in [1.54, 1.807) is 12.4 Å². The van der Waals surface area contributed by atoms with E-state index in [-0.39, 0.29) is 18.4 Å². The average molecular weight is 252 g/mol. The van der Waals surface area contributed by atoms with Crippen LogP contribution in [0.1, 0.15) is 24.9 Å². The van der Waals surface area contributed by atoms with Gasteiger partial charge in [-0.2, -0.15) is 0 Å². The summed E-state index contributed by atoms with van der Waals surface area (Å²) in [4.78, 5) is 4.03. The Morgan fingerprint density at radius 1 is 1.58 bits per heavy atom. The Bertz CT molecular complexity index is 242. The van der Waals surface area contributed by atoms with Gasteiger partial charge in [-0.05, 0) is 34.0 Å². The van der Waals surface area contributed by atoms with Gasteiger partial charge >= 0.3 is 0 Å². The molecule has 0 aliphatic heterocycles. The summed E-state index contributed by atoms with van der Waals surface area (Å²) in [6.45, 7) is 2.06. The Labute approximate surface area is 87.1 Å². The Morgan fingerprint density at radius 3 is 2.75 bits per heavy atom. The van der Waals surface area contributed by atoms with E-state index < -0.39 is 0 Å². The van der Waals surface area contributed by atoms with Gasteiger partial charge in [0.2, 0.25) is 0 Å². The van der Waals surface area contributed by atoms with Gasteiger partial charge in [0, 0.05) is 22.9 Å². The largest absolute Gasteiger partial charge is 0.324 e. The molecule has 0 bridgehead atoms. The molecule has 0 fully saturated rings. The Morgan fingerprint density at radius 2 is 2.25 bits per heavy atom. The van der Waals surface area contributed by atoms with Crippen LogP contribution in [0, 0.1) is 0 Å².